The fraction of sp³-hybridized carbons (Fsp3) is 0.500. The van der Waals surface area contributed by atoms with Gasteiger partial charge in [0.15, 0.2) is 8.32 Å². The predicted octanol–water partition coefficient (Wildman–Crippen LogP) is 5.08. The minimum Gasteiger partial charge on any atom is -0.406 e. The Morgan fingerprint density at radius 2 is 1.57 bits per heavy atom. The van der Waals surface area contributed by atoms with Crippen LogP contribution in [0.4, 0.5) is 13.2 Å². The maximum absolute atomic E-state index is 12.4. The molecule has 0 atom stereocenters. The molecule has 0 amide bonds. The highest BCUT2D eigenvalue weighted by Crippen LogP contribution is 2.36. The van der Waals surface area contributed by atoms with Crippen molar-refractivity contribution in [3.63, 3.8) is 0 Å². The molecule has 1 aromatic rings. The van der Waals surface area contributed by atoms with E-state index in [1.165, 1.54) is 12.1 Å². The first-order valence-corrected chi connectivity index (χ1v) is 9.64. The Bertz CT molecular complexity index is 528. The molecule has 0 aliphatic rings. The molecular formula is C16H21F3OSi. The Morgan fingerprint density at radius 3 is 2.00 bits per heavy atom. The van der Waals surface area contributed by atoms with Crippen molar-refractivity contribution < 1.29 is 17.6 Å². The molecule has 0 radical (unpaired) electrons. The normalized spacial score (nSPS) is 12.8. The van der Waals surface area contributed by atoms with E-state index in [2.05, 4.69) is 45.7 Å². The molecule has 0 heterocycles. The highest BCUT2D eigenvalue weighted by molar-refractivity contribution is 6.74. The lowest BCUT2D eigenvalue weighted by atomic mass is 10.1. The standard InChI is InChI=1S/C16H21F3OSi/c1-15(2,3)21(4,5)20-12-6-7-13-8-10-14(11-9-13)16(17,18)19/h8-11H,12H2,1-5H3. The van der Waals surface area contributed by atoms with Crippen LogP contribution in [-0.2, 0) is 10.6 Å². The molecule has 0 aromatic heterocycles. The van der Waals surface area contributed by atoms with Crippen molar-refractivity contribution in [3.05, 3.63) is 35.4 Å². The second-order valence-corrected chi connectivity index (χ2v) is 11.2. The second kappa shape index (κ2) is 6.25. The van der Waals surface area contributed by atoms with Crippen molar-refractivity contribution in [2.75, 3.05) is 6.61 Å². The molecule has 0 N–H and O–H groups in total. The minimum atomic E-state index is -4.31. The van der Waals surface area contributed by atoms with Gasteiger partial charge in [-0.1, -0.05) is 32.6 Å². The predicted molar refractivity (Wildman–Crippen MR) is 81.5 cm³/mol. The molecule has 21 heavy (non-hydrogen) atoms. The molecule has 0 saturated heterocycles. The van der Waals surface area contributed by atoms with E-state index in [-0.39, 0.29) is 5.04 Å². The monoisotopic (exact) mass is 314 g/mol. The minimum absolute atomic E-state index is 0.114. The van der Waals surface area contributed by atoms with Crippen LogP contribution in [0.25, 0.3) is 0 Å². The largest absolute Gasteiger partial charge is 0.416 e. The first-order chi connectivity index (χ1) is 9.43. The summed E-state index contributed by atoms with van der Waals surface area (Å²) >= 11 is 0. The zero-order valence-electron chi connectivity index (χ0n) is 13.1. The zero-order valence-corrected chi connectivity index (χ0v) is 14.1. The van der Waals surface area contributed by atoms with Crippen LogP contribution >= 0.6 is 0 Å². The van der Waals surface area contributed by atoms with Crippen LogP contribution in [0.1, 0.15) is 31.9 Å². The Balaban J connectivity index is 2.65. The van der Waals surface area contributed by atoms with Gasteiger partial charge in [0.1, 0.15) is 0 Å². The third-order valence-corrected chi connectivity index (χ3v) is 8.23. The smallest absolute Gasteiger partial charge is 0.406 e. The van der Waals surface area contributed by atoms with Gasteiger partial charge in [0.2, 0.25) is 0 Å². The molecule has 0 aliphatic carbocycles. The maximum atomic E-state index is 12.4. The van der Waals surface area contributed by atoms with Crippen LogP contribution in [0.2, 0.25) is 18.1 Å². The molecule has 0 aliphatic heterocycles. The van der Waals surface area contributed by atoms with E-state index in [4.69, 9.17) is 4.43 Å². The first kappa shape index (κ1) is 17.8. The van der Waals surface area contributed by atoms with Crippen molar-refractivity contribution in [1.82, 2.24) is 0 Å². The lowest BCUT2D eigenvalue weighted by Crippen LogP contribution is -2.40. The quantitative estimate of drug-likeness (QED) is 0.546. The van der Waals surface area contributed by atoms with Crippen LogP contribution < -0.4 is 0 Å². The second-order valence-electron chi connectivity index (χ2n) is 6.43. The molecule has 1 rings (SSSR count). The summed E-state index contributed by atoms with van der Waals surface area (Å²) in [7, 11) is -1.83. The van der Waals surface area contributed by atoms with E-state index in [1.54, 1.807) is 0 Å². The van der Waals surface area contributed by atoms with Gasteiger partial charge in [0.25, 0.3) is 0 Å². The van der Waals surface area contributed by atoms with E-state index >= 15 is 0 Å². The Kier molecular flexibility index (Phi) is 5.29. The van der Waals surface area contributed by atoms with Crippen molar-refractivity contribution >= 4 is 8.32 Å². The number of alkyl halides is 3. The van der Waals surface area contributed by atoms with Gasteiger partial charge in [0, 0.05) is 5.56 Å². The van der Waals surface area contributed by atoms with Crippen molar-refractivity contribution in [2.45, 2.75) is 45.1 Å². The lowest BCUT2D eigenvalue weighted by Gasteiger charge is -2.35. The summed E-state index contributed by atoms with van der Waals surface area (Å²) in [5.74, 6) is 5.70. The van der Waals surface area contributed by atoms with Gasteiger partial charge < -0.3 is 4.43 Å². The van der Waals surface area contributed by atoms with Crippen LogP contribution in [0.3, 0.4) is 0 Å². The van der Waals surface area contributed by atoms with E-state index in [9.17, 15) is 13.2 Å². The molecule has 0 unspecified atom stereocenters. The van der Waals surface area contributed by atoms with Gasteiger partial charge in [-0.3, -0.25) is 0 Å². The van der Waals surface area contributed by atoms with E-state index in [0.717, 1.165) is 12.1 Å². The van der Waals surface area contributed by atoms with Crippen LogP contribution in [-0.4, -0.2) is 14.9 Å². The summed E-state index contributed by atoms with van der Waals surface area (Å²) in [6.45, 7) is 11.0. The van der Waals surface area contributed by atoms with Crippen LogP contribution in [0.5, 0.6) is 0 Å². The van der Waals surface area contributed by atoms with Gasteiger partial charge in [0.05, 0.1) is 12.2 Å². The summed E-state index contributed by atoms with van der Waals surface area (Å²) in [5, 5.41) is 0.114. The molecular weight excluding hydrogens is 293 g/mol. The molecule has 1 aromatic carbocycles. The topological polar surface area (TPSA) is 9.23 Å². The van der Waals surface area contributed by atoms with Gasteiger partial charge in [-0.2, -0.15) is 13.2 Å². The van der Waals surface area contributed by atoms with E-state index < -0.39 is 20.1 Å². The molecule has 116 valence electrons. The van der Waals surface area contributed by atoms with Gasteiger partial charge in [-0.15, -0.1) is 0 Å². The maximum Gasteiger partial charge on any atom is 0.416 e. The molecule has 0 bridgehead atoms. The molecule has 0 fully saturated rings. The summed E-state index contributed by atoms with van der Waals surface area (Å²) in [5.41, 5.74) is -0.104. The Morgan fingerprint density at radius 1 is 1.05 bits per heavy atom. The van der Waals surface area contributed by atoms with E-state index in [0.29, 0.717) is 12.2 Å². The summed E-state index contributed by atoms with van der Waals surface area (Å²) in [4.78, 5) is 0. The number of halogens is 3. The van der Waals surface area contributed by atoms with Crippen molar-refractivity contribution in [2.24, 2.45) is 0 Å². The van der Waals surface area contributed by atoms with Crippen molar-refractivity contribution in [3.8, 4) is 11.8 Å². The molecule has 0 spiro atoms. The third kappa shape index (κ3) is 5.22. The third-order valence-electron chi connectivity index (χ3n) is 3.76. The Hall–Kier alpha value is -1.25. The average molecular weight is 314 g/mol. The summed E-state index contributed by atoms with van der Waals surface area (Å²) < 4.78 is 43.1. The van der Waals surface area contributed by atoms with Gasteiger partial charge in [-0.25, -0.2) is 0 Å². The number of benzene rings is 1. The van der Waals surface area contributed by atoms with Crippen LogP contribution in [0.15, 0.2) is 24.3 Å². The first-order valence-electron chi connectivity index (χ1n) is 6.73. The fourth-order valence-corrected chi connectivity index (χ4v) is 2.18. The molecule has 0 saturated carbocycles. The highest BCUT2D eigenvalue weighted by atomic mass is 28.4. The van der Waals surface area contributed by atoms with Gasteiger partial charge >= 0.3 is 6.18 Å². The molecule has 1 nitrogen and oxygen atoms in total. The number of hydrogen-bond acceptors (Lipinski definition) is 1. The lowest BCUT2D eigenvalue weighted by molar-refractivity contribution is -0.137. The number of hydrogen-bond donors (Lipinski definition) is 0. The average Bonchev–Trinajstić information content (AvgIpc) is 2.33. The van der Waals surface area contributed by atoms with Crippen LogP contribution in [0, 0.1) is 11.8 Å². The molecule has 5 heteroatoms. The summed E-state index contributed by atoms with van der Waals surface area (Å²) in [6.07, 6.45) is -4.31. The number of rotatable bonds is 2. The SMILES string of the molecule is CC(C)(C)[Si](C)(C)OCC#Cc1ccc(C(F)(F)F)cc1. The Labute approximate surface area is 125 Å². The highest BCUT2D eigenvalue weighted by Gasteiger charge is 2.36. The zero-order chi connectivity index (χ0) is 16.3. The van der Waals surface area contributed by atoms with E-state index in [1.807, 2.05) is 0 Å². The van der Waals surface area contributed by atoms with Gasteiger partial charge in [-0.05, 0) is 42.4 Å². The van der Waals surface area contributed by atoms with Crippen molar-refractivity contribution in [1.29, 1.82) is 0 Å². The summed E-state index contributed by atoms with van der Waals surface area (Å²) in [6, 6.07) is 4.84. The fourth-order valence-electron chi connectivity index (χ4n) is 1.31.